The van der Waals surface area contributed by atoms with Crippen LogP contribution in [0.5, 0.6) is 0 Å². The average Bonchev–Trinajstić information content (AvgIpc) is 2.90. The van der Waals surface area contributed by atoms with E-state index in [0.717, 1.165) is 12.8 Å². The molecule has 2 heteroatoms. The van der Waals surface area contributed by atoms with Gasteiger partial charge in [-0.1, -0.05) is 24.3 Å². The van der Waals surface area contributed by atoms with E-state index in [2.05, 4.69) is 24.3 Å². The second kappa shape index (κ2) is 2.88. The Morgan fingerprint density at radius 2 is 1.69 bits per heavy atom. The first-order chi connectivity index (χ1) is 7.77. The minimum Gasteiger partial charge on any atom is -0.390 e. The first-order valence-electron chi connectivity index (χ1n) is 6.21. The lowest BCUT2D eigenvalue weighted by Crippen LogP contribution is -2.39. The Morgan fingerprint density at radius 3 is 2.56 bits per heavy atom. The van der Waals surface area contributed by atoms with Crippen molar-refractivity contribution in [1.29, 1.82) is 0 Å². The van der Waals surface area contributed by atoms with Crippen LogP contribution in [0.15, 0.2) is 24.3 Å². The molecule has 0 heterocycles. The smallest absolute Gasteiger partial charge is 0.0836 e. The average molecular weight is 216 g/mol. The SMILES string of the molecule is O[C@@H]1[C@H](O)[C@@H]2C[C@H]1[C@H]1c3ccccc3C[C@@H]21. The van der Waals surface area contributed by atoms with Gasteiger partial charge in [0.05, 0.1) is 12.2 Å². The summed E-state index contributed by atoms with van der Waals surface area (Å²) in [7, 11) is 0. The lowest BCUT2D eigenvalue weighted by Gasteiger charge is -2.32. The van der Waals surface area contributed by atoms with Gasteiger partial charge in [-0.25, -0.2) is 0 Å². The van der Waals surface area contributed by atoms with Crippen LogP contribution in [-0.4, -0.2) is 22.4 Å². The first-order valence-corrected chi connectivity index (χ1v) is 6.21. The molecule has 3 aliphatic carbocycles. The fourth-order valence-corrected chi connectivity index (χ4v) is 4.51. The van der Waals surface area contributed by atoms with Gasteiger partial charge in [0.2, 0.25) is 0 Å². The summed E-state index contributed by atoms with van der Waals surface area (Å²) >= 11 is 0. The van der Waals surface area contributed by atoms with Gasteiger partial charge >= 0.3 is 0 Å². The summed E-state index contributed by atoms with van der Waals surface area (Å²) in [5.74, 6) is 1.73. The molecule has 3 aliphatic rings. The fraction of sp³-hybridized carbons (Fsp3) is 0.571. The molecule has 2 fully saturated rings. The van der Waals surface area contributed by atoms with E-state index in [-0.39, 0.29) is 0 Å². The molecule has 2 saturated carbocycles. The highest BCUT2D eigenvalue weighted by atomic mass is 16.3. The Bertz CT molecular complexity index is 440. The Hall–Kier alpha value is -0.860. The third kappa shape index (κ3) is 0.910. The number of aliphatic hydroxyl groups excluding tert-OH is 2. The Morgan fingerprint density at radius 1 is 0.938 bits per heavy atom. The lowest BCUT2D eigenvalue weighted by molar-refractivity contribution is -0.0391. The van der Waals surface area contributed by atoms with Gasteiger partial charge < -0.3 is 10.2 Å². The molecule has 1 aromatic carbocycles. The van der Waals surface area contributed by atoms with Crippen LogP contribution < -0.4 is 0 Å². The van der Waals surface area contributed by atoms with Crippen LogP contribution in [-0.2, 0) is 6.42 Å². The molecule has 6 atom stereocenters. The van der Waals surface area contributed by atoms with Crippen molar-refractivity contribution in [2.75, 3.05) is 0 Å². The van der Waals surface area contributed by atoms with E-state index in [0.29, 0.717) is 23.7 Å². The van der Waals surface area contributed by atoms with E-state index in [1.54, 1.807) is 0 Å². The van der Waals surface area contributed by atoms with E-state index in [4.69, 9.17) is 0 Å². The van der Waals surface area contributed by atoms with Crippen LogP contribution >= 0.6 is 0 Å². The van der Waals surface area contributed by atoms with Gasteiger partial charge in [-0.2, -0.15) is 0 Å². The van der Waals surface area contributed by atoms with Crippen LogP contribution in [0.25, 0.3) is 0 Å². The van der Waals surface area contributed by atoms with Crippen LogP contribution in [0.3, 0.4) is 0 Å². The van der Waals surface area contributed by atoms with Gasteiger partial charge in [-0.05, 0) is 47.6 Å². The zero-order chi connectivity index (χ0) is 10.9. The topological polar surface area (TPSA) is 40.5 Å². The van der Waals surface area contributed by atoms with Gasteiger partial charge in [-0.3, -0.25) is 0 Å². The van der Waals surface area contributed by atoms with Crippen molar-refractivity contribution < 1.29 is 10.2 Å². The summed E-state index contributed by atoms with van der Waals surface area (Å²) in [6.45, 7) is 0. The van der Waals surface area contributed by atoms with Crippen LogP contribution in [0.4, 0.5) is 0 Å². The molecule has 0 radical (unpaired) electrons. The lowest BCUT2D eigenvalue weighted by atomic mass is 9.77. The van der Waals surface area contributed by atoms with Crippen molar-refractivity contribution in [3.05, 3.63) is 35.4 Å². The Balaban J connectivity index is 1.81. The van der Waals surface area contributed by atoms with Gasteiger partial charge in [0.25, 0.3) is 0 Å². The molecular formula is C14H16O2. The highest BCUT2D eigenvalue weighted by Gasteiger charge is 2.59. The maximum absolute atomic E-state index is 10.0. The highest BCUT2D eigenvalue weighted by molar-refractivity contribution is 5.40. The van der Waals surface area contributed by atoms with Crippen molar-refractivity contribution in [3.63, 3.8) is 0 Å². The molecule has 0 saturated heterocycles. The minimum atomic E-state index is -0.489. The van der Waals surface area contributed by atoms with Crippen molar-refractivity contribution in [2.24, 2.45) is 17.8 Å². The van der Waals surface area contributed by atoms with Gasteiger partial charge in [0, 0.05) is 0 Å². The predicted octanol–water partition coefficient (Wildman–Crippen LogP) is 1.31. The third-order valence-corrected chi connectivity index (χ3v) is 5.11. The molecular weight excluding hydrogens is 200 g/mol. The number of benzene rings is 1. The summed E-state index contributed by atoms with van der Waals surface area (Å²) in [6, 6.07) is 8.59. The second-order valence-electron chi connectivity index (χ2n) is 5.64. The van der Waals surface area contributed by atoms with Gasteiger partial charge in [-0.15, -0.1) is 0 Å². The number of hydrogen-bond donors (Lipinski definition) is 2. The van der Waals surface area contributed by atoms with Crippen LogP contribution in [0.1, 0.15) is 23.5 Å². The molecule has 0 aliphatic heterocycles. The minimum absolute atomic E-state index is 0.300. The molecule has 0 unspecified atom stereocenters. The van der Waals surface area contributed by atoms with Crippen molar-refractivity contribution in [1.82, 2.24) is 0 Å². The maximum Gasteiger partial charge on any atom is 0.0836 e. The molecule has 4 rings (SSSR count). The Kier molecular flexibility index (Phi) is 1.65. The standard InChI is InChI=1S/C14H16O2/c15-13-10-6-11(14(13)16)12-8-4-2-1-3-7(8)5-9(10)12/h1-4,9-16H,5-6H2/t9-,10+,11-,12-,13+,14-/m0/s1. The fourth-order valence-electron chi connectivity index (χ4n) is 4.51. The van der Waals surface area contributed by atoms with Crippen molar-refractivity contribution in [2.45, 2.75) is 31.0 Å². The number of aliphatic hydroxyl groups is 2. The number of hydrogen-bond acceptors (Lipinski definition) is 2. The number of fused-ring (bicyclic) bond motifs is 7. The van der Waals surface area contributed by atoms with Crippen LogP contribution in [0.2, 0.25) is 0 Å². The zero-order valence-electron chi connectivity index (χ0n) is 9.08. The van der Waals surface area contributed by atoms with E-state index in [9.17, 15) is 10.2 Å². The molecule has 0 spiro atoms. The second-order valence-corrected chi connectivity index (χ2v) is 5.64. The van der Waals surface area contributed by atoms with E-state index in [1.807, 2.05) is 0 Å². The summed E-state index contributed by atoms with van der Waals surface area (Å²) < 4.78 is 0. The molecule has 2 nitrogen and oxygen atoms in total. The monoisotopic (exact) mass is 216 g/mol. The first kappa shape index (κ1) is 9.20. The maximum atomic E-state index is 10.0. The van der Waals surface area contributed by atoms with E-state index in [1.165, 1.54) is 11.1 Å². The highest BCUT2D eigenvalue weighted by Crippen LogP contribution is 2.61. The normalized spacial score (nSPS) is 48.1. The van der Waals surface area contributed by atoms with E-state index < -0.39 is 12.2 Å². The molecule has 2 N–H and O–H groups in total. The van der Waals surface area contributed by atoms with E-state index >= 15 is 0 Å². The molecule has 2 bridgehead atoms. The molecule has 0 aromatic heterocycles. The van der Waals surface area contributed by atoms with Gasteiger partial charge in [0.1, 0.15) is 0 Å². The van der Waals surface area contributed by atoms with Crippen molar-refractivity contribution in [3.8, 4) is 0 Å². The summed E-state index contributed by atoms with van der Waals surface area (Å²) in [4.78, 5) is 0. The molecule has 0 amide bonds. The largest absolute Gasteiger partial charge is 0.390 e. The number of rotatable bonds is 0. The van der Waals surface area contributed by atoms with Crippen molar-refractivity contribution >= 4 is 0 Å². The summed E-state index contributed by atoms with van der Waals surface area (Å²) in [5, 5.41) is 20.0. The third-order valence-electron chi connectivity index (χ3n) is 5.11. The molecule has 84 valence electrons. The Labute approximate surface area is 94.9 Å². The van der Waals surface area contributed by atoms with Gasteiger partial charge in [0.15, 0.2) is 0 Å². The predicted molar refractivity (Wildman–Crippen MR) is 60.0 cm³/mol. The zero-order valence-corrected chi connectivity index (χ0v) is 9.08. The molecule has 1 aromatic rings. The molecule has 16 heavy (non-hydrogen) atoms. The van der Waals surface area contributed by atoms with Crippen LogP contribution in [0, 0.1) is 17.8 Å². The summed E-state index contributed by atoms with van der Waals surface area (Å²) in [6.07, 6.45) is 1.16. The summed E-state index contributed by atoms with van der Waals surface area (Å²) in [5.41, 5.74) is 2.87. The quantitative estimate of drug-likeness (QED) is 0.686.